The van der Waals surface area contributed by atoms with Crippen LogP contribution in [0.2, 0.25) is 0 Å². The summed E-state index contributed by atoms with van der Waals surface area (Å²) in [6, 6.07) is 15.4. The van der Waals surface area contributed by atoms with Crippen molar-refractivity contribution in [2.75, 3.05) is 0 Å². The van der Waals surface area contributed by atoms with Crippen LogP contribution >= 0.6 is 0 Å². The molecule has 0 amide bonds. The predicted molar refractivity (Wildman–Crippen MR) is 93.5 cm³/mol. The Morgan fingerprint density at radius 2 is 1.04 bits per heavy atom. The molecule has 1 radical (unpaired) electrons. The molecule has 0 aliphatic carbocycles. The standard InChI is InChI=1S/C18H14N4.Co/c1-2-8-16-15(7-1)19-11-5-13-21-17-9-3-4-10-18(17)22-14-6-12-20-16;/h1-14H;/q-2;+2/b11-5-,14-6-,20-12?,21-13?;. The van der Waals surface area contributed by atoms with E-state index in [-0.39, 0.29) is 16.8 Å². The Hall–Kier alpha value is -2.63. The van der Waals surface area contributed by atoms with Gasteiger partial charge in [-0.25, -0.2) is 0 Å². The molecule has 4 nitrogen and oxygen atoms in total. The largest absolute Gasteiger partial charge is 2.00 e. The molecule has 0 bridgehead atoms. The maximum Gasteiger partial charge on any atom is 2.00 e. The van der Waals surface area contributed by atoms with Gasteiger partial charge < -0.3 is 10.6 Å². The third-order valence-corrected chi connectivity index (χ3v) is 2.96. The Morgan fingerprint density at radius 3 is 1.52 bits per heavy atom. The van der Waals surface area contributed by atoms with E-state index in [2.05, 4.69) is 20.6 Å². The molecule has 23 heavy (non-hydrogen) atoms. The molecule has 0 unspecified atom stereocenters. The maximum atomic E-state index is 4.40. The summed E-state index contributed by atoms with van der Waals surface area (Å²) in [7, 11) is 0. The zero-order chi connectivity index (χ0) is 15.0. The summed E-state index contributed by atoms with van der Waals surface area (Å²) in [5, 5.41) is 8.80. The Labute approximate surface area is 146 Å². The third-order valence-electron chi connectivity index (χ3n) is 2.96. The van der Waals surface area contributed by atoms with Crippen molar-refractivity contribution in [3.63, 3.8) is 0 Å². The number of hydrogen-bond acceptors (Lipinski definition) is 2. The van der Waals surface area contributed by atoms with Crippen molar-refractivity contribution in [3.05, 3.63) is 83.7 Å². The Balaban J connectivity index is 0.00000192. The SMILES string of the molecule is C1=Nc2ccccc2[N-]/C=C\C=Nc2ccccc2[N-]/C=C\1.[Co+2]. The van der Waals surface area contributed by atoms with Crippen LogP contribution in [0.15, 0.2) is 83.1 Å². The first-order chi connectivity index (χ1) is 10.9. The van der Waals surface area contributed by atoms with Gasteiger partial charge in [0.15, 0.2) is 0 Å². The molecular formula is C18H14CoN4. The number of para-hydroxylation sites is 4. The summed E-state index contributed by atoms with van der Waals surface area (Å²) in [4.78, 5) is 8.80. The van der Waals surface area contributed by atoms with Gasteiger partial charge in [0.05, 0.1) is 0 Å². The van der Waals surface area contributed by atoms with Crippen LogP contribution in [0.25, 0.3) is 10.6 Å². The Kier molecular flexibility index (Phi) is 6.35. The van der Waals surface area contributed by atoms with Gasteiger partial charge in [0.25, 0.3) is 0 Å². The molecule has 5 heteroatoms. The summed E-state index contributed by atoms with van der Waals surface area (Å²) in [5.74, 6) is 0. The molecule has 0 spiro atoms. The summed E-state index contributed by atoms with van der Waals surface area (Å²) in [6.07, 6.45) is 10.4. The van der Waals surface area contributed by atoms with Gasteiger partial charge in [-0.15, -0.1) is 11.4 Å². The van der Waals surface area contributed by atoms with Gasteiger partial charge in [-0.1, -0.05) is 48.6 Å². The summed E-state index contributed by atoms with van der Waals surface area (Å²) < 4.78 is 0. The third kappa shape index (κ3) is 4.67. The van der Waals surface area contributed by atoms with Gasteiger partial charge in [0.1, 0.15) is 0 Å². The molecule has 0 N–H and O–H groups in total. The average molecular weight is 345 g/mol. The van der Waals surface area contributed by atoms with Crippen molar-refractivity contribution in [1.82, 2.24) is 0 Å². The number of fused-ring (bicyclic) bond motifs is 2. The molecule has 0 saturated heterocycles. The van der Waals surface area contributed by atoms with Gasteiger partial charge in [-0.2, -0.15) is 12.4 Å². The monoisotopic (exact) mass is 345 g/mol. The molecule has 115 valence electrons. The minimum Gasteiger partial charge on any atom is -0.662 e. The normalized spacial score (nSPS) is 15.7. The average Bonchev–Trinajstić information content (AvgIpc) is 2.56. The number of nitrogens with zero attached hydrogens (tertiary/aromatic N) is 4. The molecule has 0 fully saturated rings. The van der Waals surface area contributed by atoms with Gasteiger partial charge in [0.2, 0.25) is 0 Å². The molecule has 1 aliphatic heterocycles. The van der Waals surface area contributed by atoms with Crippen molar-refractivity contribution in [2.24, 2.45) is 9.98 Å². The maximum absolute atomic E-state index is 4.40. The quantitative estimate of drug-likeness (QED) is 0.576. The van der Waals surface area contributed by atoms with Crippen LogP contribution < -0.4 is 0 Å². The minimum atomic E-state index is 0. The van der Waals surface area contributed by atoms with E-state index < -0.39 is 0 Å². The predicted octanol–water partition coefficient (Wildman–Crippen LogP) is 5.84. The van der Waals surface area contributed by atoms with Crippen molar-refractivity contribution in [1.29, 1.82) is 0 Å². The first-order valence-corrected chi connectivity index (χ1v) is 6.92. The molecule has 0 aromatic heterocycles. The summed E-state index contributed by atoms with van der Waals surface area (Å²) in [5.41, 5.74) is 3.25. The van der Waals surface area contributed by atoms with E-state index in [1.54, 1.807) is 37.0 Å². The fourth-order valence-electron chi connectivity index (χ4n) is 1.94. The van der Waals surface area contributed by atoms with Crippen LogP contribution in [-0.2, 0) is 16.8 Å². The second-order valence-corrected chi connectivity index (χ2v) is 4.48. The van der Waals surface area contributed by atoms with Gasteiger partial charge in [0, 0.05) is 23.8 Å². The van der Waals surface area contributed by atoms with E-state index in [4.69, 9.17) is 0 Å². The van der Waals surface area contributed by atoms with Crippen LogP contribution in [0.3, 0.4) is 0 Å². The van der Waals surface area contributed by atoms with Crippen LogP contribution in [0.4, 0.5) is 22.7 Å². The molecular weight excluding hydrogens is 331 g/mol. The van der Waals surface area contributed by atoms with Gasteiger partial charge >= 0.3 is 16.8 Å². The minimum absolute atomic E-state index is 0. The van der Waals surface area contributed by atoms with E-state index in [1.165, 1.54) is 0 Å². The number of hydrogen-bond donors (Lipinski definition) is 0. The number of benzene rings is 2. The smallest absolute Gasteiger partial charge is 0.662 e. The van der Waals surface area contributed by atoms with Crippen molar-refractivity contribution < 1.29 is 16.8 Å². The van der Waals surface area contributed by atoms with E-state index in [0.29, 0.717) is 0 Å². The Bertz CT molecular complexity index is 698. The van der Waals surface area contributed by atoms with Crippen molar-refractivity contribution in [3.8, 4) is 0 Å². The Morgan fingerprint density at radius 1 is 0.609 bits per heavy atom. The zero-order valence-electron chi connectivity index (χ0n) is 12.2. The van der Waals surface area contributed by atoms with E-state index in [1.807, 2.05) is 48.5 Å². The zero-order valence-corrected chi connectivity index (χ0v) is 13.2. The van der Waals surface area contributed by atoms with Crippen LogP contribution in [0.5, 0.6) is 0 Å². The second kappa shape index (κ2) is 8.72. The van der Waals surface area contributed by atoms with Gasteiger partial charge in [-0.3, -0.25) is 9.98 Å². The molecule has 0 atom stereocenters. The van der Waals surface area contributed by atoms with E-state index in [9.17, 15) is 0 Å². The molecule has 1 aliphatic rings. The first kappa shape index (κ1) is 16.7. The van der Waals surface area contributed by atoms with Crippen LogP contribution in [-0.4, -0.2) is 12.4 Å². The first-order valence-electron chi connectivity index (χ1n) is 6.92. The van der Waals surface area contributed by atoms with Crippen LogP contribution in [0.1, 0.15) is 0 Å². The fourth-order valence-corrected chi connectivity index (χ4v) is 1.94. The number of rotatable bonds is 0. The number of allylic oxidation sites excluding steroid dienone is 2. The summed E-state index contributed by atoms with van der Waals surface area (Å²) in [6.45, 7) is 0. The van der Waals surface area contributed by atoms with E-state index >= 15 is 0 Å². The fraction of sp³-hybridized carbons (Fsp3) is 0. The van der Waals surface area contributed by atoms with Gasteiger partial charge in [-0.05, 0) is 12.1 Å². The number of aliphatic imine (C=N–C) groups is 2. The second-order valence-electron chi connectivity index (χ2n) is 4.48. The van der Waals surface area contributed by atoms with E-state index in [0.717, 1.165) is 22.7 Å². The van der Waals surface area contributed by atoms with Crippen molar-refractivity contribution in [2.45, 2.75) is 0 Å². The molecule has 1 heterocycles. The summed E-state index contributed by atoms with van der Waals surface area (Å²) >= 11 is 0. The van der Waals surface area contributed by atoms with Crippen LogP contribution in [0, 0.1) is 0 Å². The topological polar surface area (TPSA) is 52.9 Å². The van der Waals surface area contributed by atoms with Crippen molar-refractivity contribution >= 4 is 35.2 Å². The molecule has 2 aromatic carbocycles. The molecule has 2 aromatic rings. The molecule has 3 rings (SSSR count). The molecule has 0 saturated carbocycles.